The van der Waals surface area contributed by atoms with Gasteiger partial charge in [-0.25, -0.2) is 0 Å². The molecule has 0 aromatic heterocycles. The van der Waals surface area contributed by atoms with Crippen molar-refractivity contribution in [3.05, 3.63) is 11.6 Å². The number of hydrogen-bond donors (Lipinski definition) is 3. The topological polar surface area (TPSA) is 112 Å². The molecule has 4 aliphatic carbocycles. The minimum absolute atomic E-state index is 0.00909. The Labute approximate surface area is 158 Å². The molecule has 4 aliphatic rings. The molecule has 0 aromatic rings. The molecule has 0 aliphatic heterocycles. The van der Waals surface area contributed by atoms with Crippen molar-refractivity contribution >= 4 is 17.9 Å². The molecule has 148 valence electrons. The zero-order valence-corrected chi connectivity index (χ0v) is 15.7. The Bertz CT molecular complexity index is 728. The molecule has 0 radical (unpaired) electrons. The van der Waals surface area contributed by atoms with E-state index < -0.39 is 29.5 Å². The molecule has 6 nitrogen and oxygen atoms in total. The van der Waals surface area contributed by atoms with Crippen LogP contribution in [0.25, 0.3) is 0 Å². The van der Waals surface area contributed by atoms with E-state index in [1.165, 1.54) is 0 Å². The van der Waals surface area contributed by atoms with Gasteiger partial charge in [-0.2, -0.15) is 0 Å². The van der Waals surface area contributed by atoms with Crippen molar-refractivity contribution in [1.82, 2.24) is 0 Å². The highest BCUT2D eigenvalue weighted by Gasteiger charge is 2.70. The first kappa shape index (κ1) is 19.0. The van der Waals surface area contributed by atoms with Gasteiger partial charge < -0.3 is 20.1 Å². The summed E-state index contributed by atoms with van der Waals surface area (Å²) >= 11 is 0. The molecular weight excluding hydrogens is 348 g/mol. The largest absolute Gasteiger partial charge is 0.393 e. The van der Waals surface area contributed by atoms with Crippen molar-refractivity contribution in [2.75, 3.05) is 6.61 Å². The smallest absolute Gasteiger partial charge is 0.190 e. The second-order valence-corrected chi connectivity index (χ2v) is 9.30. The van der Waals surface area contributed by atoms with Crippen molar-refractivity contribution in [1.29, 1.82) is 0 Å². The van der Waals surface area contributed by atoms with Crippen LogP contribution in [0.15, 0.2) is 11.6 Å². The van der Waals surface area contributed by atoms with Gasteiger partial charge in [0.15, 0.2) is 11.6 Å². The summed E-state index contributed by atoms with van der Waals surface area (Å²) in [6, 6.07) is 0. The van der Waals surface area contributed by atoms with Gasteiger partial charge >= 0.3 is 0 Å². The fourth-order valence-electron chi connectivity index (χ4n) is 7.16. The maximum atomic E-state index is 12.4. The number of aldehydes is 1. The van der Waals surface area contributed by atoms with Crippen LogP contribution in [0, 0.1) is 28.6 Å². The molecule has 3 N–H and O–H groups in total. The highest BCUT2D eigenvalue weighted by atomic mass is 16.3. The molecule has 3 fully saturated rings. The number of aliphatic hydroxyl groups is 3. The summed E-state index contributed by atoms with van der Waals surface area (Å²) in [6.45, 7) is 1.30. The number of hydrogen-bond acceptors (Lipinski definition) is 6. The molecular formula is C21H28O6. The third-order valence-corrected chi connectivity index (χ3v) is 8.45. The second-order valence-electron chi connectivity index (χ2n) is 9.30. The van der Waals surface area contributed by atoms with Crippen molar-refractivity contribution in [3.63, 3.8) is 0 Å². The summed E-state index contributed by atoms with van der Waals surface area (Å²) in [6.07, 6.45) is 4.92. The number of aliphatic hydroxyl groups excluding tert-OH is 2. The normalized spacial score (nSPS) is 48.9. The lowest BCUT2D eigenvalue weighted by Crippen LogP contribution is -2.63. The molecule has 0 heterocycles. The lowest BCUT2D eigenvalue weighted by Gasteiger charge is -2.59. The average molecular weight is 376 g/mol. The summed E-state index contributed by atoms with van der Waals surface area (Å²) in [5.41, 5.74) is -2.43. The second kappa shape index (κ2) is 6.06. The van der Waals surface area contributed by atoms with Crippen LogP contribution in [0.3, 0.4) is 0 Å². The van der Waals surface area contributed by atoms with Gasteiger partial charge in [0, 0.05) is 6.42 Å². The van der Waals surface area contributed by atoms with E-state index in [1.54, 1.807) is 6.08 Å². The fraction of sp³-hybridized carbons (Fsp3) is 0.762. The van der Waals surface area contributed by atoms with E-state index >= 15 is 0 Å². The highest BCUT2D eigenvalue weighted by molar-refractivity contribution is 5.93. The summed E-state index contributed by atoms with van der Waals surface area (Å²) < 4.78 is 0. The number of rotatable bonds is 3. The first-order valence-electron chi connectivity index (χ1n) is 9.98. The van der Waals surface area contributed by atoms with Crippen molar-refractivity contribution in [3.8, 4) is 0 Å². The van der Waals surface area contributed by atoms with Crippen molar-refractivity contribution in [2.24, 2.45) is 28.6 Å². The van der Waals surface area contributed by atoms with Crippen LogP contribution >= 0.6 is 0 Å². The zero-order valence-electron chi connectivity index (χ0n) is 15.7. The first-order valence-corrected chi connectivity index (χ1v) is 9.98. The molecule has 7 atom stereocenters. The average Bonchev–Trinajstić information content (AvgIpc) is 2.95. The summed E-state index contributed by atoms with van der Waals surface area (Å²) in [5.74, 6) is -0.865. The SMILES string of the molecule is C[C@]12CCC(=O)C=C1CC[C@@H]1[C@@H]2[C@@H](O)C[C@]2(C=O)[C@H]1CC[C@]2(O)C(=O)CO. The lowest BCUT2D eigenvalue weighted by atomic mass is 9.45. The van der Waals surface area contributed by atoms with Crippen LogP contribution in [-0.4, -0.2) is 51.5 Å². The van der Waals surface area contributed by atoms with E-state index in [0.29, 0.717) is 25.5 Å². The molecule has 6 heteroatoms. The Balaban J connectivity index is 1.77. The van der Waals surface area contributed by atoms with Crippen LogP contribution in [0.5, 0.6) is 0 Å². The Morgan fingerprint density at radius 2 is 2.04 bits per heavy atom. The molecule has 0 bridgehead atoms. The lowest BCUT2D eigenvalue weighted by molar-refractivity contribution is -0.185. The molecule has 0 unspecified atom stereocenters. The van der Waals surface area contributed by atoms with Gasteiger partial charge in [-0.1, -0.05) is 12.5 Å². The van der Waals surface area contributed by atoms with E-state index in [2.05, 4.69) is 6.92 Å². The predicted molar refractivity (Wildman–Crippen MR) is 95.5 cm³/mol. The third kappa shape index (κ3) is 2.26. The van der Waals surface area contributed by atoms with Crippen LogP contribution in [-0.2, 0) is 14.4 Å². The van der Waals surface area contributed by atoms with E-state index in [0.717, 1.165) is 18.4 Å². The number of ketones is 2. The van der Waals surface area contributed by atoms with E-state index in [-0.39, 0.29) is 41.8 Å². The van der Waals surface area contributed by atoms with Gasteiger partial charge in [0.2, 0.25) is 0 Å². The Morgan fingerprint density at radius 3 is 2.70 bits per heavy atom. The van der Waals surface area contributed by atoms with Gasteiger partial charge in [0.05, 0.1) is 11.5 Å². The highest BCUT2D eigenvalue weighted by Crippen LogP contribution is 2.67. The molecule has 0 aromatic carbocycles. The van der Waals surface area contributed by atoms with E-state index in [4.69, 9.17) is 0 Å². The number of carbonyl (C=O) groups excluding carboxylic acids is 3. The summed E-state index contributed by atoms with van der Waals surface area (Å²) in [7, 11) is 0. The monoisotopic (exact) mass is 376 g/mol. The Kier molecular flexibility index (Phi) is 4.26. The molecule has 0 amide bonds. The molecule has 0 saturated heterocycles. The Hall–Kier alpha value is -1.37. The van der Waals surface area contributed by atoms with Gasteiger partial charge in [-0.15, -0.1) is 0 Å². The van der Waals surface area contributed by atoms with Crippen LogP contribution < -0.4 is 0 Å². The minimum atomic E-state index is -1.90. The quantitative estimate of drug-likeness (QED) is 0.633. The van der Waals surface area contributed by atoms with Crippen molar-refractivity contribution in [2.45, 2.75) is 63.6 Å². The first-order chi connectivity index (χ1) is 12.7. The minimum Gasteiger partial charge on any atom is -0.393 e. The van der Waals surface area contributed by atoms with Gasteiger partial charge in [0.25, 0.3) is 0 Å². The maximum absolute atomic E-state index is 12.4. The van der Waals surface area contributed by atoms with Crippen LogP contribution in [0.1, 0.15) is 51.9 Å². The fourth-order valence-corrected chi connectivity index (χ4v) is 7.16. The Morgan fingerprint density at radius 1 is 1.30 bits per heavy atom. The zero-order chi connectivity index (χ0) is 19.6. The predicted octanol–water partition coefficient (Wildman–Crippen LogP) is 0.961. The van der Waals surface area contributed by atoms with Gasteiger partial charge in [0.1, 0.15) is 18.5 Å². The van der Waals surface area contributed by atoms with Crippen LogP contribution in [0.4, 0.5) is 0 Å². The molecule has 4 rings (SSSR count). The van der Waals surface area contributed by atoms with Gasteiger partial charge in [-0.3, -0.25) is 9.59 Å². The number of allylic oxidation sites excluding steroid dienone is 1. The van der Waals surface area contributed by atoms with Gasteiger partial charge in [-0.05, 0) is 67.8 Å². The number of fused-ring (bicyclic) bond motifs is 5. The standard InChI is InChI=1S/C21H28O6/c1-19-6-4-13(24)8-12(19)2-3-14-15-5-7-21(27,17(26)10-22)20(15,11-23)9-16(25)18(14)19/h8,11,14-16,18,22,25,27H,2-7,9-10H2,1H3/t14-,15-,16-,18+,19-,20-,21-/m0/s1. The molecule has 27 heavy (non-hydrogen) atoms. The summed E-state index contributed by atoms with van der Waals surface area (Å²) in [5, 5.41) is 31.6. The molecule has 3 saturated carbocycles. The van der Waals surface area contributed by atoms with Crippen molar-refractivity contribution < 1.29 is 29.7 Å². The molecule has 0 spiro atoms. The maximum Gasteiger partial charge on any atom is 0.190 e. The number of carbonyl (C=O) groups is 3. The van der Waals surface area contributed by atoms with E-state index in [1.807, 2.05) is 0 Å². The number of Topliss-reactive ketones (excluding diaryl/α,β-unsaturated/α-hetero) is 1. The van der Waals surface area contributed by atoms with E-state index in [9.17, 15) is 29.7 Å². The van der Waals surface area contributed by atoms with Crippen LogP contribution in [0.2, 0.25) is 0 Å². The third-order valence-electron chi connectivity index (χ3n) is 8.45. The summed E-state index contributed by atoms with van der Waals surface area (Å²) in [4.78, 5) is 36.5.